The van der Waals surface area contributed by atoms with Gasteiger partial charge in [0.05, 0.1) is 6.04 Å². The van der Waals surface area contributed by atoms with Crippen molar-refractivity contribution in [3.05, 3.63) is 29.6 Å². The molecule has 6 heteroatoms. The lowest BCUT2D eigenvalue weighted by Gasteiger charge is -2.39. The molecule has 130 valence electrons. The number of hydrogen-bond acceptors (Lipinski definition) is 4. The van der Waals surface area contributed by atoms with Crippen molar-refractivity contribution in [3.63, 3.8) is 0 Å². The van der Waals surface area contributed by atoms with Crippen LogP contribution in [-0.2, 0) is 14.9 Å². The maximum atomic E-state index is 12.2. The summed E-state index contributed by atoms with van der Waals surface area (Å²) in [4.78, 5) is 29.6. The largest absolute Gasteiger partial charge is 0.447 e. The highest BCUT2D eigenvalue weighted by atomic mass is 16.6. The molecule has 0 unspecified atom stereocenters. The van der Waals surface area contributed by atoms with E-state index in [4.69, 9.17) is 4.74 Å². The number of likely N-dealkylation sites (tertiary alicyclic amines) is 1. The predicted molar refractivity (Wildman–Crippen MR) is 89.8 cm³/mol. The molecule has 0 aromatic carbocycles. The zero-order valence-corrected chi connectivity index (χ0v) is 14.5. The van der Waals surface area contributed by atoms with Gasteiger partial charge >= 0.3 is 6.09 Å². The van der Waals surface area contributed by atoms with Gasteiger partial charge in [-0.05, 0) is 18.1 Å². The molecule has 1 atom stereocenters. The van der Waals surface area contributed by atoms with E-state index < -0.39 is 0 Å². The van der Waals surface area contributed by atoms with Crippen molar-refractivity contribution in [2.75, 3.05) is 19.7 Å². The summed E-state index contributed by atoms with van der Waals surface area (Å²) in [5, 5.41) is 2.70. The minimum absolute atomic E-state index is 0.0346. The number of pyridine rings is 1. The van der Waals surface area contributed by atoms with Crippen LogP contribution in [0.5, 0.6) is 0 Å². The first-order valence-corrected chi connectivity index (χ1v) is 8.50. The molecule has 2 saturated heterocycles. The van der Waals surface area contributed by atoms with Gasteiger partial charge in [-0.3, -0.25) is 9.78 Å². The summed E-state index contributed by atoms with van der Waals surface area (Å²) in [7, 11) is 0. The molecule has 2 aliphatic heterocycles. The predicted octanol–water partition coefficient (Wildman–Crippen LogP) is 2.19. The molecule has 24 heavy (non-hydrogen) atoms. The van der Waals surface area contributed by atoms with Gasteiger partial charge < -0.3 is 15.0 Å². The van der Waals surface area contributed by atoms with E-state index in [1.54, 1.807) is 0 Å². The van der Waals surface area contributed by atoms with Gasteiger partial charge in [0.25, 0.3) is 0 Å². The lowest BCUT2D eigenvalue weighted by atomic mass is 9.88. The van der Waals surface area contributed by atoms with E-state index in [0.29, 0.717) is 25.4 Å². The number of alkyl carbamates (subject to hydrolysis) is 1. The van der Waals surface area contributed by atoms with Crippen molar-refractivity contribution in [3.8, 4) is 0 Å². The van der Waals surface area contributed by atoms with Gasteiger partial charge in [0.1, 0.15) is 6.61 Å². The molecule has 1 N–H and O–H groups in total. The Hall–Kier alpha value is -2.11. The van der Waals surface area contributed by atoms with Crippen molar-refractivity contribution in [2.45, 2.75) is 51.0 Å². The molecule has 6 nitrogen and oxygen atoms in total. The van der Waals surface area contributed by atoms with Crippen LogP contribution in [0.4, 0.5) is 4.79 Å². The number of aromatic nitrogens is 1. The molecule has 2 aliphatic rings. The third-order valence-corrected chi connectivity index (χ3v) is 4.70. The van der Waals surface area contributed by atoms with Crippen molar-refractivity contribution in [1.82, 2.24) is 15.2 Å². The monoisotopic (exact) mass is 331 g/mol. The number of nitrogens with one attached hydrogen (secondary N) is 1. The minimum Gasteiger partial charge on any atom is -0.447 e. The number of nitrogens with zero attached hydrogens (tertiary/aromatic N) is 2. The van der Waals surface area contributed by atoms with Crippen LogP contribution in [0.3, 0.4) is 0 Å². The van der Waals surface area contributed by atoms with Crippen LogP contribution in [0.1, 0.15) is 50.8 Å². The zero-order valence-electron chi connectivity index (χ0n) is 14.5. The first kappa shape index (κ1) is 16.7. The highest BCUT2D eigenvalue weighted by molar-refractivity contribution is 5.77. The van der Waals surface area contributed by atoms with Gasteiger partial charge in [-0.1, -0.05) is 26.8 Å². The molecule has 0 radical (unpaired) electrons. The van der Waals surface area contributed by atoms with Crippen LogP contribution in [0.2, 0.25) is 0 Å². The number of carbonyl (C=O) groups excluding carboxylic acids is 2. The molecular weight excluding hydrogens is 306 g/mol. The topological polar surface area (TPSA) is 71.5 Å². The SMILES string of the molecule is CC(C)(C)c1ccc(C2CN(C(=O)CC[C@@H]3COC(=O)N3)C2)cn1. The van der Waals surface area contributed by atoms with E-state index in [2.05, 4.69) is 43.2 Å². The maximum Gasteiger partial charge on any atom is 0.407 e. The fourth-order valence-electron chi connectivity index (χ4n) is 3.02. The third kappa shape index (κ3) is 3.68. The van der Waals surface area contributed by atoms with Gasteiger partial charge in [0, 0.05) is 42.7 Å². The Bertz CT molecular complexity index is 615. The molecule has 0 aliphatic carbocycles. The quantitative estimate of drug-likeness (QED) is 0.918. The highest BCUT2D eigenvalue weighted by Gasteiger charge is 2.32. The average molecular weight is 331 g/mol. The van der Waals surface area contributed by atoms with E-state index in [1.807, 2.05) is 11.1 Å². The molecule has 0 bridgehead atoms. The molecule has 2 amide bonds. The van der Waals surface area contributed by atoms with E-state index in [9.17, 15) is 9.59 Å². The van der Waals surface area contributed by atoms with Crippen LogP contribution in [-0.4, -0.2) is 47.6 Å². The number of hydrogen-bond donors (Lipinski definition) is 1. The summed E-state index contributed by atoms with van der Waals surface area (Å²) in [6.45, 7) is 8.32. The third-order valence-electron chi connectivity index (χ3n) is 4.70. The van der Waals surface area contributed by atoms with Gasteiger partial charge in [-0.2, -0.15) is 0 Å². The van der Waals surface area contributed by atoms with Crippen molar-refractivity contribution >= 4 is 12.0 Å². The summed E-state index contributed by atoms with van der Waals surface area (Å²) in [5.74, 6) is 0.525. The lowest BCUT2D eigenvalue weighted by molar-refractivity contribution is -0.135. The van der Waals surface area contributed by atoms with E-state index >= 15 is 0 Å². The smallest absolute Gasteiger partial charge is 0.407 e. The Morgan fingerprint density at radius 1 is 1.38 bits per heavy atom. The Morgan fingerprint density at radius 3 is 2.67 bits per heavy atom. The zero-order chi connectivity index (χ0) is 17.3. The summed E-state index contributed by atoms with van der Waals surface area (Å²) < 4.78 is 4.82. The molecule has 3 heterocycles. The van der Waals surface area contributed by atoms with Crippen LogP contribution in [0.25, 0.3) is 0 Å². The Morgan fingerprint density at radius 2 is 2.12 bits per heavy atom. The fraction of sp³-hybridized carbons (Fsp3) is 0.611. The Labute approximate surface area is 142 Å². The minimum atomic E-state index is -0.386. The first-order valence-electron chi connectivity index (χ1n) is 8.50. The normalized spacial score (nSPS) is 21.2. The van der Waals surface area contributed by atoms with E-state index in [1.165, 1.54) is 5.56 Å². The maximum absolute atomic E-state index is 12.2. The molecule has 3 rings (SSSR count). The van der Waals surface area contributed by atoms with Gasteiger partial charge in [-0.25, -0.2) is 4.79 Å². The lowest BCUT2D eigenvalue weighted by Crippen LogP contribution is -2.48. The fourth-order valence-corrected chi connectivity index (χ4v) is 3.02. The van der Waals surface area contributed by atoms with E-state index in [0.717, 1.165) is 18.8 Å². The van der Waals surface area contributed by atoms with Crippen LogP contribution >= 0.6 is 0 Å². The first-order chi connectivity index (χ1) is 11.3. The molecule has 0 spiro atoms. The van der Waals surface area contributed by atoms with Gasteiger partial charge in [-0.15, -0.1) is 0 Å². The average Bonchev–Trinajstić information content (AvgIpc) is 2.89. The standard InChI is InChI=1S/C18H25N3O3/c1-18(2,3)15-6-4-12(8-19-15)13-9-21(10-13)16(22)7-5-14-11-24-17(23)20-14/h4,6,8,13-14H,5,7,9-11H2,1-3H3,(H,20,23)/t14-/m1/s1. The molecule has 0 saturated carbocycles. The number of amides is 2. The number of cyclic esters (lactones) is 1. The van der Waals surface area contributed by atoms with Crippen molar-refractivity contribution in [2.24, 2.45) is 0 Å². The molecular formula is C18H25N3O3. The summed E-state index contributed by atoms with van der Waals surface area (Å²) in [5.41, 5.74) is 2.34. The second kappa shape index (κ2) is 6.42. The molecule has 1 aromatic heterocycles. The number of ether oxygens (including phenoxy) is 1. The molecule has 1 aromatic rings. The Balaban J connectivity index is 1.45. The van der Waals surface area contributed by atoms with Crippen LogP contribution in [0, 0.1) is 0 Å². The van der Waals surface area contributed by atoms with Crippen LogP contribution < -0.4 is 5.32 Å². The molecule has 2 fully saturated rings. The second-order valence-electron chi connectivity index (χ2n) is 7.70. The highest BCUT2D eigenvalue weighted by Crippen LogP contribution is 2.29. The summed E-state index contributed by atoms with van der Waals surface area (Å²) in [6.07, 6.45) is 2.64. The number of rotatable bonds is 4. The second-order valence-corrected chi connectivity index (χ2v) is 7.70. The summed E-state index contributed by atoms with van der Waals surface area (Å²) >= 11 is 0. The number of carbonyl (C=O) groups is 2. The Kier molecular flexibility index (Phi) is 4.47. The summed E-state index contributed by atoms with van der Waals surface area (Å²) in [6, 6.07) is 4.18. The van der Waals surface area contributed by atoms with Crippen molar-refractivity contribution in [1.29, 1.82) is 0 Å². The van der Waals surface area contributed by atoms with Crippen molar-refractivity contribution < 1.29 is 14.3 Å². The van der Waals surface area contributed by atoms with E-state index in [-0.39, 0.29) is 23.5 Å². The van der Waals surface area contributed by atoms with Crippen LogP contribution in [0.15, 0.2) is 18.3 Å². The van der Waals surface area contributed by atoms with Gasteiger partial charge in [0.15, 0.2) is 0 Å². The van der Waals surface area contributed by atoms with Gasteiger partial charge in [0.2, 0.25) is 5.91 Å².